The third-order valence-corrected chi connectivity index (χ3v) is 4.11. The summed E-state index contributed by atoms with van der Waals surface area (Å²) in [6, 6.07) is 4.99. The SMILES string of the molecule is CCOc1ccc(S(=O)(=O)NC(C)(C)C)c(C)c1. The molecular weight excluding hydrogens is 250 g/mol. The van der Waals surface area contributed by atoms with Crippen LogP contribution in [-0.4, -0.2) is 20.6 Å². The number of sulfonamides is 1. The van der Waals surface area contributed by atoms with Crippen molar-refractivity contribution in [1.82, 2.24) is 4.72 Å². The van der Waals surface area contributed by atoms with Crippen LogP contribution in [0.4, 0.5) is 0 Å². The molecule has 0 atom stereocenters. The second-order valence-electron chi connectivity index (χ2n) is 5.22. The maximum Gasteiger partial charge on any atom is 0.241 e. The first-order chi connectivity index (χ1) is 8.15. The second-order valence-corrected chi connectivity index (χ2v) is 6.87. The number of nitrogens with one attached hydrogen (secondary N) is 1. The molecule has 0 saturated heterocycles. The van der Waals surface area contributed by atoms with E-state index in [0.717, 1.165) is 0 Å². The molecule has 18 heavy (non-hydrogen) atoms. The first-order valence-electron chi connectivity index (χ1n) is 5.93. The highest BCUT2D eigenvalue weighted by Crippen LogP contribution is 2.22. The van der Waals surface area contributed by atoms with Gasteiger partial charge in [0.05, 0.1) is 11.5 Å². The maximum atomic E-state index is 12.2. The number of hydrogen-bond acceptors (Lipinski definition) is 3. The van der Waals surface area contributed by atoms with E-state index in [2.05, 4.69) is 4.72 Å². The van der Waals surface area contributed by atoms with Gasteiger partial charge in [-0.25, -0.2) is 13.1 Å². The number of benzene rings is 1. The summed E-state index contributed by atoms with van der Waals surface area (Å²) in [6.45, 7) is 9.66. The molecule has 0 aliphatic rings. The summed E-state index contributed by atoms with van der Waals surface area (Å²) >= 11 is 0. The normalized spacial score (nSPS) is 12.5. The molecule has 102 valence electrons. The molecule has 1 rings (SSSR count). The molecule has 0 saturated carbocycles. The summed E-state index contributed by atoms with van der Waals surface area (Å²) in [7, 11) is -3.49. The van der Waals surface area contributed by atoms with Gasteiger partial charge in [0.1, 0.15) is 5.75 Å². The highest BCUT2D eigenvalue weighted by molar-refractivity contribution is 7.89. The van der Waals surface area contributed by atoms with E-state index < -0.39 is 15.6 Å². The third kappa shape index (κ3) is 3.99. The summed E-state index contributed by atoms with van der Waals surface area (Å²) < 4.78 is 32.3. The summed E-state index contributed by atoms with van der Waals surface area (Å²) in [5.74, 6) is 0.685. The first-order valence-corrected chi connectivity index (χ1v) is 7.41. The van der Waals surface area contributed by atoms with Gasteiger partial charge in [0.15, 0.2) is 0 Å². The van der Waals surface area contributed by atoms with Crippen molar-refractivity contribution in [2.45, 2.75) is 45.1 Å². The molecule has 0 amide bonds. The average molecular weight is 271 g/mol. The van der Waals surface area contributed by atoms with Gasteiger partial charge in [-0.15, -0.1) is 0 Å². The Morgan fingerprint density at radius 1 is 1.28 bits per heavy atom. The number of rotatable bonds is 4. The molecule has 0 heterocycles. The van der Waals surface area contributed by atoms with Gasteiger partial charge in [-0.1, -0.05) is 0 Å². The quantitative estimate of drug-likeness (QED) is 0.915. The number of hydrogen-bond donors (Lipinski definition) is 1. The van der Waals surface area contributed by atoms with Crippen molar-refractivity contribution in [1.29, 1.82) is 0 Å². The Labute approximate surface area is 109 Å². The standard InChI is InChI=1S/C13H21NO3S/c1-6-17-11-7-8-12(10(2)9-11)18(15,16)14-13(3,4)5/h7-9,14H,6H2,1-5H3. The molecule has 0 aromatic heterocycles. The van der Waals surface area contributed by atoms with Crippen molar-refractivity contribution < 1.29 is 13.2 Å². The van der Waals surface area contributed by atoms with Crippen LogP contribution in [0.25, 0.3) is 0 Å². The summed E-state index contributed by atoms with van der Waals surface area (Å²) in [5.41, 5.74) is 0.182. The van der Waals surface area contributed by atoms with Crippen molar-refractivity contribution in [3.8, 4) is 5.75 Å². The van der Waals surface area contributed by atoms with Gasteiger partial charge < -0.3 is 4.74 Å². The molecule has 4 nitrogen and oxygen atoms in total. The Morgan fingerprint density at radius 3 is 2.33 bits per heavy atom. The molecule has 0 unspecified atom stereocenters. The van der Waals surface area contributed by atoms with Gasteiger partial charge in [-0.05, 0) is 58.4 Å². The Balaban J connectivity index is 3.10. The fourth-order valence-corrected chi connectivity index (χ4v) is 3.28. The first kappa shape index (κ1) is 15.0. The topological polar surface area (TPSA) is 55.4 Å². The lowest BCUT2D eigenvalue weighted by Gasteiger charge is -2.21. The van der Waals surface area contributed by atoms with Crippen LogP contribution < -0.4 is 9.46 Å². The van der Waals surface area contributed by atoms with Crippen molar-refractivity contribution >= 4 is 10.0 Å². The lowest BCUT2D eigenvalue weighted by atomic mass is 10.1. The molecule has 0 radical (unpaired) electrons. The zero-order valence-corrected chi connectivity index (χ0v) is 12.4. The highest BCUT2D eigenvalue weighted by atomic mass is 32.2. The smallest absolute Gasteiger partial charge is 0.241 e. The average Bonchev–Trinajstić information content (AvgIpc) is 2.13. The van der Waals surface area contributed by atoms with Gasteiger partial charge in [0.25, 0.3) is 0 Å². The Bertz CT molecular complexity index is 516. The van der Waals surface area contributed by atoms with Gasteiger partial charge in [0, 0.05) is 5.54 Å². The summed E-state index contributed by atoms with van der Waals surface area (Å²) in [4.78, 5) is 0.292. The van der Waals surface area contributed by atoms with E-state index in [4.69, 9.17) is 4.74 Å². The minimum atomic E-state index is -3.49. The fraction of sp³-hybridized carbons (Fsp3) is 0.538. The molecule has 0 spiro atoms. The van der Waals surface area contributed by atoms with Crippen LogP contribution in [0.5, 0.6) is 5.75 Å². The van der Waals surface area contributed by atoms with Gasteiger partial charge in [-0.2, -0.15) is 0 Å². The fourth-order valence-electron chi connectivity index (χ4n) is 1.64. The molecule has 0 aliphatic carbocycles. The Morgan fingerprint density at radius 2 is 1.89 bits per heavy atom. The minimum Gasteiger partial charge on any atom is -0.494 e. The van der Waals surface area contributed by atoms with Crippen molar-refractivity contribution in [2.75, 3.05) is 6.61 Å². The molecule has 1 N–H and O–H groups in total. The predicted octanol–water partition coefficient (Wildman–Crippen LogP) is 2.47. The molecule has 0 bridgehead atoms. The third-order valence-electron chi connectivity index (χ3n) is 2.19. The Hall–Kier alpha value is -1.07. The lowest BCUT2D eigenvalue weighted by Crippen LogP contribution is -2.40. The monoisotopic (exact) mass is 271 g/mol. The van der Waals surface area contributed by atoms with Crippen LogP contribution >= 0.6 is 0 Å². The predicted molar refractivity (Wildman–Crippen MR) is 72.4 cm³/mol. The maximum absolute atomic E-state index is 12.2. The van der Waals surface area contributed by atoms with E-state index in [-0.39, 0.29) is 0 Å². The van der Waals surface area contributed by atoms with Crippen molar-refractivity contribution in [2.24, 2.45) is 0 Å². The molecule has 0 aliphatic heterocycles. The van der Waals surface area contributed by atoms with Crippen LogP contribution in [0.1, 0.15) is 33.3 Å². The second kappa shape index (κ2) is 5.28. The van der Waals surface area contributed by atoms with Crippen LogP contribution in [0.2, 0.25) is 0 Å². The van der Waals surface area contributed by atoms with Crippen molar-refractivity contribution in [3.05, 3.63) is 23.8 Å². The minimum absolute atomic E-state index is 0.292. The van der Waals surface area contributed by atoms with Crippen LogP contribution in [0, 0.1) is 6.92 Å². The molecule has 5 heteroatoms. The molecular formula is C13H21NO3S. The van der Waals surface area contributed by atoms with Crippen LogP contribution in [-0.2, 0) is 10.0 Å². The van der Waals surface area contributed by atoms with E-state index in [1.54, 1.807) is 25.1 Å². The molecule has 1 aromatic rings. The van der Waals surface area contributed by atoms with Gasteiger partial charge in [-0.3, -0.25) is 0 Å². The van der Waals surface area contributed by atoms with Crippen molar-refractivity contribution in [3.63, 3.8) is 0 Å². The van der Waals surface area contributed by atoms with Gasteiger partial charge >= 0.3 is 0 Å². The van der Waals surface area contributed by atoms with E-state index in [1.807, 2.05) is 27.7 Å². The Kier molecular flexibility index (Phi) is 4.40. The largest absolute Gasteiger partial charge is 0.494 e. The van der Waals surface area contributed by atoms with E-state index >= 15 is 0 Å². The van der Waals surface area contributed by atoms with Crippen LogP contribution in [0.3, 0.4) is 0 Å². The van der Waals surface area contributed by atoms with Crippen LogP contribution in [0.15, 0.2) is 23.1 Å². The lowest BCUT2D eigenvalue weighted by molar-refractivity contribution is 0.339. The zero-order valence-electron chi connectivity index (χ0n) is 11.6. The summed E-state index contributed by atoms with van der Waals surface area (Å²) in [6.07, 6.45) is 0. The van der Waals surface area contributed by atoms with Gasteiger partial charge in [0.2, 0.25) is 10.0 Å². The zero-order chi connectivity index (χ0) is 14.0. The highest BCUT2D eigenvalue weighted by Gasteiger charge is 2.23. The molecule has 0 fully saturated rings. The number of aryl methyl sites for hydroxylation is 1. The number of ether oxygens (including phenoxy) is 1. The van der Waals surface area contributed by atoms with E-state index in [1.165, 1.54) is 0 Å². The summed E-state index contributed by atoms with van der Waals surface area (Å²) in [5, 5.41) is 0. The molecule has 1 aromatic carbocycles. The van der Waals surface area contributed by atoms with E-state index in [0.29, 0.717) is 22.8 Å². The van der Waals surface area contributed by atoms with E-state index in [9.17, 15) is 8.42 Å².